The van der Waals surface area contributed by atoms with Crippen LogP contribution < -0.4 is 0 Å². The zero-order valence-electron chi connectivity index (χ0n) is 9.90. The molecule has 1 atom stereocenters. The second-order valence-corrected chi connectivity index (χ2v) is 4.25. The summed E-state index contributed by atoms with van der Waals surface area (Å²) in [5.41, 5.74) is -1.14. The molecule has 0 aromatic rings. The molecule has 0 aromatic carbocycles. The molecule has 0 saturated heterocycles. The fourth-order valence-electron chi connectivity index (χ4n) is 1.55. The van der Waals surface area contributed by atoms with E-state index in [9.17, 15) is 9.59 Å². The topological polar surface area (TPSA) is 74.6 Å². The number of hydrogen-bond donors (Lipinski definition) is 2. The van der Waals surface area contributed by atoms with Crippen molar-refractivity contribution >= 4 is 11.9 Å². The SMILES string of the molecule is CC=CCCCCC(C)(CC(=O)O)C(=O)O. The normalized spacial score (nSPS) is 14.9. The molecule has 4 heteroatoms. The molecular formula is C12H20O4. The molecule has 2 N–H and O–H groups in total. The molecule has 1 unspecified atom stereocenters. The van der Waals surface area contributed by atoms with E-state index in [-0.39, 0.29) is 6.42 Å². The van der Waals surface area contributed by atoms with Crippen molar-refractivity contribution in [1.82, 2.24) is 0 Å². The summed E-state index contributed by atoms with van der Waals surface area (Å²) in [6, 6.07) is 0. The lowest BCUT2D eigenvalue weighted by molar-refractivity contribution is -0.155. The number of rotatable bonds is 8. The second-order valence-electron chi connectivity index (χ2n) is 4.25. The molecule has 0 aromatic heterocycles. The highest BCUT2D eigenvalue weighted by molar-refractivity contribution is 5.80. The van der Waals surface area contributed by atoms with Crippen LogP contribution in [-0.4, -0.2) is 22.2 Å². The minimum atomic E-state index is -1.14. The Hall–Kier alpha value is -1.32. The van der Waals surface area contributed by atoms with E-state index in [1.165, 1.54) is 6.92 Å². The number of carbonyl (C=O) groups is 2. The van der Waals surface area contributed by atoms with Gasteiger partial charge in [-0.15, -0.1) is 0 Å². The van der Waals surface area contributed by atoms with Crippen molar-refractivity contribution in [2.24, 2.45) is 5.41 Å². The van der Waals surface area contributed by atoms with Crippen molar-refractivity contribution in [2.75, 3.05) is 0 Å². The molecule has 0 rings (SSSR count). The number of unbranched alkanes of at least 4 members (excludes halogenated alkanes) is 2. The van der Waals surface area contributed by atoms with Crippen LogP contribution in [0.1, 0.15) is 46.0 Å². The van der Waals surface area contributed by atoms with Crippen LogP contribution in [0, 0.1) is 5.41 Å². The van der Waals surface area contributed by atoms with Crippen LogP contribution >= 0.6 is 0 Å². The fraction of sp³-hybridized carbons (Fsp3) is 0.667. The van der Waals surface area contributed by atoms with Crippen molar-refractivity contribution in [3.63, 3.8) is 0 Å². The molecule has 0 amide bonds. The molecule has 92 valence electrons. The second kappa shape index (κ2) is 7.04. The molecule has 0 heterocycles. The van der Waals surface area contributed by atoms with E-state index < -0.39 is 17.4 Å². The van der Waals surface area contributed by atoms with Crippen molar-refractivity contribution in [3.05, 3.63) is 12.2 Å². The van der Waals surface area contributed by atoms with Crippen LogP contribution in [0.3, 0.4) is 0 Å². The van der Waals surface area contributed by atoms with Crippen LogP contribution in [0.5, 0.6) is 0 Å². The fourth-order valence-corrected chi connectivity index (χ4v) is 1.55. The average Bonchev–Trinajstić information content (AvgIpc) is 2.16. The highest BCUT2D eigenvalue weighted by atomic mass is 16.4. The summed E-state index contributed by atoms with van der Waals surface area (Å²) in [4.78, 5) is 21.6. The highest BCUT2D eigenvalue weighted by Gasteiger charge is 2.34. The Balaban J connectivity index is 4.13. The summed E-state index contributed by atoms with van der Waals surface area (Å²) in [7, 11) is 0. The zero-order chi connectivity index (χ0) is 12.6. The van der Waals surface area contributed by atoms with Crippen LogP contribution in [0.4, 0.5) is 0 Å². The van der Waals surface area contributed by atoms with E-state index in [4.69, 9.17) is 10.2 Å². The van der Waals surface area contributed by atoms with E-state index in [1.54, 1.807) is 0 Å². The first kappa shape index (κ1) is 14.7. The Labute approximate surface area is 96.0 Å². The average molecular weight is 228 g/mol. The predicted molar refractivity (Wildman–Crippen MR) is 61.3 cm³/mol. The summed E-state index contributed by atoms with van der Waals surface area (Å²) in [6.45, 7) is 3.44. The maximum Gasteiger partial charge on any atom is 0.309 e. The number of aliphatic carboxylic acids is 2. The van der Waals surface area contributed by atoms with Gasteiger partial charge in [-0.25, -0.2) is 0 Å². The quantitative estimate of drug-likeness (QED) is 0.494. The molecule has 0 saturated carbocycles. The van der Waals surface area contributed by atoms with E-state index in [2.05, 4.69) is 0 Å². The third-order valence-corrected chi connectivity index (χ3v) is 2.64. The molecule has 0 aliphatic rings. The van der Waals surface area contributed by atoms with Crippen molar-refractivity contribution < 1.29 is 19.8 Å². The summed E-state index contributed by atoms with van der Waals surface area (Å²) >= 11 is 0. The van der Waals surface area contributed by atoms with Crippen LogP contribution in [0.2, 0.25) is 0 Å². The first-order chi connectivity index (χ1) is 7.42. The minimum absolute atomic E-state index is 0.314. The van der Waals surface area contributed by atoms with Gasteiger partial charge in [-0.1, -0.05) is 18.6 Å². The maximum atomic E-state index is 11.0. The van der Waals surface area contributed by atoms with Gasteiger partial charge in [0.05, 0.1) is 11.8 Å². The van der Waals surface area contributed by atoms with Crippen LogP contribution in [0.15, 0.2) is 12.2 Å². The number of carboxylic acids is 2. The molecule has 0 radical (unpaired) electrons. The van der Waals surface area contributed by atoms with Crippen LogP contribution in [0.25, 0.3) is 0 Å². The van der Waals surface area contributed by atoms with E-state index >= 15 is 0 Å². The molecule has 0 fully saturated rings. The Bertz CT molecular complexity index is 270. The standard InChI is InChI=1S/C12H20O4/c1-3-4-5-6-7-8-12(2,11(15)16)9-10(13)14/h3-4H,5-9H2,1-2H3,(H,13,14)(H,15,16). The van der Waals surface area contributed by atoms with E-state index in [0.29, 0.717) is 6.42 Å². The Morgan fingerprint density at radius 3 is 2.31 bits per heavy atom. The van der Waals surface area contributed by atoms with Gasteiger partial charge in [0.25, 0.3) is 0 Å². The van der Waals surface area contributed by atoms with Gasteiger partial charge in [-0.2, -0.15) is 0 Å². The Morgan fingerprint density at radius 1 is 1.25 bits per heavy atom. The first-order valence-corrected chi connectivity index (χ1v) is 5.49. The highest BCUT2D eigenvalue weighted by Crippen LogP contribution is 2.29. The van der Waals surface area contributed by atoms with E-state index in [1.807, 2.05) is 19.1 Å². The van der Waals surface area contributed by atoms with Crippen molar-refractivity contribution in [3.8, 4) is 0 Å². The van der Waals surface area contributed by atoms with Gasteiger partial charge in [0, 0.05) is 0 Å². The zero-order valence-corrected chi connectivity index (χ0v) is 9.90. The summed E-state index contributed by atoms with van der Waals surface area (Å²) in [5, 5.41) is 17.7. The number of allylic oxidation sites excluding steroid dienone is 2. The smallest absolute Gasteiger partial charge is 0.309 e. The van der Waals surface area contributed by atoms with Crippen molar-refractivity contribution in [2.45, 2.75) is 46.0 Å². The molecule has 0 bridgehead atoms. The minimum Gasteiger partial charge on any atom is -0.481 e. The summed E-state index contributed by atoms with van der Waals surface area (Å²) < 4.78 is 0. The van der Waals surface area contributed by atoms with Gasteiger partial charge >= 0.3 is 11.9 Å². The lowest BCUT2D eigenvalue weighted by Gasteiger charge is -2.22. The lowest BCUT2D eigenvalue weighted by atomic mass is 9.81. The molecule has 4 nitrogen and oxygen atoms in total. The molecule has 0 aliphatic carbocycles. The largest absolute Gasteiger partial charge is 0.481 e. The predicted octanol–water partition coefficient (Wildman–Crippen LogP) is 2.69. The number of carboxylic acid groups (broad SMARTS) is 2. The third-order valence-electron chi connectivity index (χ3n) is 2.64. The molecule has 0 aliphatic heterocycles. The number of hydrogen-bond acceptors (Lipinski definition) is 2. The van der Waals surface area contributed by atoms with Gasteiger partial charge in [0.2, 0.25) is 0 Å². The van der Waals surface area contributed by atoms with Crippen LogP contribution in [-0.2, 0) is 9.59 Å². The van der Waals surface area contributed by atoms with Gasteiger partial charge < -0.3 is 10.2 Å². The summed E-state index contributed by atoms with van der Waals surface area (Å²) in [5.74, 6) is -2.08. The Morgan fingerprint density at radius 2 is 1.88 bits per heavy atom. The Kier molecular flexibility index (Phi) is 6.46. The summed E-state index contributed by atoms with van der Waals surface area (Å²) in [6.07, 6.45) is 6.62. The van der Waals surface area contributed by atoms with Gasteiger partial charge in [-0.3, -0.25) is 9.59 Å². The maximum absolute atomic E-state index is 11.0. The lowest BCUT2D eigenvalue weighted by Crippen LogP contribution is -2.30. The van der Waals surface area contributed by atoms with Crippen molar-refractivity contribution in [1.29, 1.82) is 0 Å². The molecule has 0 spiro atoms. The van der Waals surface area contributed by atoms with Gasteiger partial charge in [0.1, 0.15) is 0 Å². The van der Waals surface area contributed by atoms with E-state index in [0.717, 1.165) is 19.3 Å². The first-order valence-electron chi connectivity index (χ1n) is 5.49. The monoisotopic (exact) mass is 228 g/mol. The molecule has 16 heavy (non-hydrogen) atoms. The van der Waals surface area contributed by atoms with Gasteiger partial charge in [-0.05, 0) is 33.1 Å². The molecular weight excluding hydrogens is 208 g/mol. The van der Waals surface area contributed by atoms with Gasteiger partial charge in [0.15, 0.2) is 0 Å². The third kappa shape index (κ3) is 5.53.